The molecule has 0 aromatic heterocycles. The monoisotopic (exact) mass is 765 g/mol. The minimum absolute atomic E-state index is 0.0151. The van der Waals surface area contributed by atoms with Gasteiger partial charge in [-0.1, -0.05) is 71.2 Å². The number of aromatic hydroxyl groups is 1. The molecule has 2 aliphatic carbocycles. The lowest BCUT2D eigenvalue weighted by Gasteiger charge is -2.50. The summed E-state index contributed by atoms with van der Waals surface area (Å²) in [6.45, 7) is 1.74. The Labute approximate surface area is 319 Å². The second kappa shape index (κ2) is 13.0. The Balaban J connectivity index is 1.33. The van der Waals surface area contributed by atoms with Crippen LogP contribution in [-0.2, 0) is 24.6 Å². The van der Waals surface area contributed by atoms with Gasteiger partial charge in [-0.25, -0.2) is 4.79 Å². The second-order valence-corrected chi connectivity index (χ2v) is 14.9. The van der Waals surface area contributed by atoms with Gasteiger partial charge in [0.2, 0.25) is 11.8 Å². The van der Waals surface area contributed by atoms with E-state index in [1.54, 1.807) is 61.5 Å². The highest BCUT2D eigenvalue weighted by atomic mass is 35.5. The number of aryl methyl sites for hydroxylation is 1. The van der Waals surface area contributed by atoms with Crippen molar-refractivity contribution < 1.29 is 38.9 Å². The summed E-state index contributed by atoms with van der Waals surface area (Å²) in [4.78, 5) is 71.8. The SMILES string of the molecule is COc1ccc(C23C(=O)N(Nc4ccc(Cl)cc4Cl)C(=O)C2CC2C(=CCC4C(=O)N(c5cccc(C(=O)O)c5)C(=O)C42)C3c2cccc(C)c2O)cc1. The molecule has 2 heterocycles. The quantitative estimate of drug-likeness (QED) is 0.135. The number of carboxylic acid groups (broad SMARTS) is 1. The number of nitrogens with one attached hydrogen (secondary N) is 1. The third-order valence-electron chi connectivity index (χ3n) is 11.5. The number of halogens is 2. The Morgan fingerprint density at radius 1 is 0.907 bits per heavy atom. The molecule has 0 spiro atoms. The number of allylic oxidation sites excluding steroid dienone is 2. The molecule has 274 valence electrons. The van der Waals surface area contributed by atoms with Crippen LogP contribution in [0.1, 0.15) is 45.8 Å². The van der Waals surface area contributed by atoms with E-state index in [1.165, 1.54) is 37.4 Å². The number of para-hydroxylation sites is 1. The van der Waals surface area contributed by atoms with Crippen molar-refractivity contribution in [3.05, 3.63) is 129 Å². The van der Waals surface area contributed by atoms with E-state index in [9.17, 15) is 29.4 Å². The number of hydrogen-bond acceptors (Lipinski definition) is 8. The van der Waals surface area contributed by atoms with E-state index >= 15 is 4.79 Å². The zero-order chi connectivity index (χ0) is 38.2. The predicted molar refractivity (Wildman–Crippen MR) is 199 cm³/mol. The molecule has 3 N–H and O–H groups in total. The first-order valence-electron chi connectivity index (χ1n) is 17.3. The van der Waals surface area contributed by atoms with Crippen molar-refractivity contribution in [2.24, 2.45) is 23.7 Å². The number of hydrogen-bond donors (Lipinski definition) is 3. The Morgan fingerprint density at radius 3 is 2.35 bits per heavy atom. The first-order chi connectivity index (χ1) is 25.9. The number of aromatic carboxylic acids is 1. The number of anilines is 2. The summed E-state index contributed by atoms with van der Waals surface area (Å²) >= 11 is 12.7. The number of fused-ring (bicyclic) bond motifs is 4. The van der Waals surface area contributed by atoms with Crippen LogP contribution in [0.5, 0.6) is 11.5 Å². The number of rotatable bonds is 7. The maximum atomic E-state index is 15.4. The lowest BCUT2D eigenvalue weighted by molar-refractivity contribution is -0.138. The molecule has 1 saturated carbocycles. The van der Waals surface area contributed by atoms with Gasteiger partial charge in [0.05, 0.1) is 52.2 Å². The van der Waals surface area contributed by atoms with E-state index in [0.29, 0.717) is 33.0 Å². The lowest BCUT2D eigenvalue weighted by atomic mass is 9.49. The molecule has 3 fully saturated rings. The van der Waals surface area contributed by atoms with E-state index in [4.69, 9.17) is 27.9 Å². The standard InChI is InChI=1S/C41H33Cl2N3O8/c1-20-5-3-8-28(35(20)47)34-26-14-15-27-33(38(50)45(36(27)48)24-7-4-6-21(17-24)39(51)52)29(26)19-30-37(49)46(44-32-16-11-23(42)18-31(32)43)40(53)41(30,34)22-9-12-25(54-2)13-10-22/h3-14,16-18,27,29-30,33-34,44,47H,15,19H2,1-2H3,(H,51,52). The van der Waals surface area contributed by atoms with E-state index in [2.05, 4.69) is 5.43 Å². The van der Waals surface area contributed by atoms with Crippen LogP contribution < -0.4 is 15.1 Å². The molecule has 2 saturated heterocycles. The highest BCUT2D eigenvalue weighted by molar-refractivity contribution is 6.36. The average molecular weight is 767 g/mol. The van der Waals surface area contributed by atoms with Gasteiger partial charge in [-0.3, -0.25) is 29.5 Å². The second-order valence-electron chi connectivity index (χ2n) is 14.1. The summed E-state index contributed by atoms with van der Waals surface area (Å²) in [7, 11) is 1.52. The summed E-state index contributed by atoms with van der Waals surface area (Å²) in [6.07, 6.45) is 2.04. The molecule has 6 unspecified atom stereocenters. The van der Waals surface area contributed by atoms with E-state index in [0.717, 1.165) is 9.91 Å². The molecule has 0 bridgehead atoms. The number of imide groups is 2. The number of phenolic OH excluding ortho intramolecular Hbond substituents is 1. The fourth-order valence-corrected chi connectivity index (χ4v) is 9.59. The zero-order valence-corrected chi connectivity index (χ0v) is 30.5. The van der Waals surface area contributed by atoms with Crippen LogP contribution in [0, 0.1) is 30.6 Å². The van der Waals surface area contributed by atoms with Crippen molar-refractivity contribution in [3.8, 4) is 11.5 Å². The number of hydrazine groups is 1. The number of methoxy groups -OCH3 is 1. The molecule has 2 aliphatic heterocycles. The molecule has 54 heavy (non-hydrogen) atoms. The van der Waals surface area contributed by atoms with Gasteiger partial charge in [-0.05, 0) is 85.3 Å². The normalized spacial score (nSPS) is 25.9. The first-order valence-corrected chi connectivity index (χ1v) is 18.1. The third-order valence-corrected chi connectivity index (χ3v) is 12.1. The number of carboxylic acids is 1. The van der Waals surface area contributed by atoms with Gasteiger partial charge in [0.1, 0.15) is 11.5 Å². The predicted octanol–water partition coefficient (Wildman–Crippen LogP) is 6.90. The number of carbonyl (C=O) groups is 5. The molecular weight excluding hydrogens is 733 g/mol. The molecule has 4 aromatic rings. The molecule has 13 heteroatoms. The Morgan fingerprint density at radius 2 is 1.65 bits per heavy atom. The fraction of sp³-hybridized carbons (Fsp3) is 0.244. The van der Waals surface area contributed by atoms with Crippen molar-refractivity contribution in [3.63, 3.8) is 0 Å². The van der Waals surface area contributed by atoms with E-state index in [1.807, 2.05) is 6.08 Å². The lowest BCUT2D eigenvalue weighted by Crippen LogP contribution is -2.53. The van der Waals surface area contributed by atoms with Crippen LogP contribution in [0.15, 0.2) is 96.6 Å². The smallest absolute Gasteiger partial charge is 0.335 e. The van der Waals surface area contributed by atoms with Crippen LogP contribution in [0.25, 0.3) is 0 Å². The molecule has 8 rings (SSSR count). The summed E-state index contributed by atoms with van der Waals surface area (Å²) in [6, 6.07) is 22.4. The van der Waals surface area contributed by atoms with Crippen molar-refractivity contribution >= 4 is 64.2 Å². The summed E-state index contributed by atoms with van der Waals surface area (Å²) < 4.78 is 5.45. The third kappa shape index (κ3) is 5.13. The number of nitrogens with zero attached hydrogens (tertiary/aromatic N) is 2. The van der Waals surface area contributed by atoms with Gasteiger partial charge in [0.15, 0.2) is 0 Å². The minimum atomic E-state index is -1.64. The molecule has 4 amide bonds. The molecule has 11 nitrogen and oxygen atoms in total. The van der Waals surface area contributed by atoms with Crippen molar-refractivity contribution in [2.75, 3.05) is 17.4 Å². The van der Waals surface area contributed by atoms with Gasteiger partial charge in [0.25, 0.3) is 11.8 Å². The minimum Gasteiger partial charge on any atom is -0.507 e. The number of amides is 4. The molecule has 4 aliphatic rings. The largest absolute Gasteiger partial charge is 0.507 e. The highest BCUT2D eigenvalue weighted by Gasteiger charge is 2.70. The fourth-order valence-electron chi connectivity index (χ4n) is 9.14. The maximum absolute atomic E-state index is 15.4. The van der Waals surface area contributed by atoms with Gasteiger partial charge in [-0.2, -0.15) is 5.01 Å². The van der Waals surface area contributed by atoms with E-state index in [-0.39, 0.29) is 40.6 Å². The molecule has 4 aromatic carbocycles. The average Bonchev–Trinajstić information content (AvgIpc) is 3.54. The highest BCUT2D eigenvalue weighted by Crippen LogP contribution is 2.65. The van der Waals surface area contributed by atoms with Crippen LogP contribution in [-0.4, -0.2) is 51.9 Å². The van der Waals surface area contributed by atoms with Gasteiger partial charge in [-0.15, -0.1) is 0 Å². The van der Waals surface area contributed by atoms with Crippen molar-refractivity contribution in [1.82, 2.24) is 5.01 Å². The number of phenols is 1. The van der Waals surface area contributed by atoms with Crippen LogP contribution in [0.4, 0.5) is 11.4 Å². The van der Waals surface area contributed by atoms with Crippen molar-refractivity contribution in [2.45, 2.75) is 31.1 Å². The topological polar surface area (TPSA) is 154 Å². The summed E-state index contributed by atoms with van der Waals surface area (Å²) in [5.74, 6) is -7.40. The van der Waals surface area contributed by atoms with Crippen LogP contribution >= 0.6 is 23.2 Å². The van der Waals surface area contributed by atoms with Gasteiger partial charge < -0.3 is 14.9 Å². The zero-order valence-electron chi connectivity index (χ0n) is 29.0. The van der Waals surface area contributed by atoms with Gasteiger partial charge in [0, 0.05) is 16.5 Å². The Bertz CT molecular complexity index is 2330. The van der Waals surface area contributed by atoms with Gasteiger partial charge >= 0.3 is 5.97 Å². The molecule has 0 radical (unpaired) electrons. The van der Waals surface area contributed by atoms with E-state index < -0.39 is 64.6 Å². The Hall–Kier alpha value is -5.65. The molecular formula is C41H33Cl2N3O8. The number of benzene rings is 4. The molecule has 6 atom stereocenters. The maximum Gasteiger partial charge on any atom is 0.335 e. The van der Waals surface area contributed by atoms with Crippen molar-refractivity contribution in [1.29, 1.82) is 0 Å². The van der Waals surface area contributed by atoms with Crippen LogP contribution in [0.3, 0.4) is 0 Å². The Kier molecular flexibility index (Phi) is 8.54. The number of ether oxygens (including phenoxy) is 1. The number of carbonyl (C=O) groups excluding carboxylic acids is 4. The summed E-state index contributed by atoms with van der Waals surface area (Å²) in [5, 5.41) is 22.9. The summed E-state index contributed by atoms with van der Waals surface area (Å²) in [5.41, 5.74) is 3.70. The first kappa shape index (κ1) is 35.4. The van der Waals surface area contributed by atoms with Crippen LogP contribution in [0.2, 0.25) is 10.0 Å².